The van der Waals surface area contributed by atoms with Crippen LogP contribution < -0.4 is 4.72 Å². The zero-order valence-electron chi connectivity index (χ0n) is 16.9. The second-order valence-corrected chi connectivity index (χ2v) is 10.1. The lowest BCUT2D eigenvalue weighted by Gasteiger charge is -2.10. The number of rotatable bonds is 11. The first-order valence-corrected chi connectivity index (χ1v) is 12.8. The smallest absolute Gasteiger partial charge is 0.360 e. The van der Waals surface area contributed by atoms with Crippen LogP contribution in [0.4, 0.5) is 8.63 Å². The van der Waals surface area contributed by atoms with Crippen LogP contribution in [0.1, 0.15) is 19.0 Å². The van der Waals surface area contributed by atoms with Gasteiger partial charge >= 0.3 is 7.40 Å². The highest BCUT2D eigenvalue weighted by molar-refractivity contribution is 7.83. The molecule has 0 aromatic carbocycles. The summed E-state index contributed by atoms with van der Waals surface area (Å²) in [5, 5.41) is 0. The Hall–Kier alpha value is -1.87. The lowest BCUT2D eigenvalue weighted by atomic mass is 10.1. The summed E-state index contributed by atoms with van der Waals surface area (Å²) < 4.78 is 48.8. The molecule has 3 heterocycles. The van der Waals surface area contributed by atoms with Crippen molar-refractivity contribution in [2.45, 2.75) is 13.3 Å². The average molecular weight is 453 g/mol. The molecular formula is C19H25BF2N4O2PS+. The van der Waals surface area contributed by atoms with Crippen molar-refractivity contribution in [2.75, 3.05) is 25.3 Å². The highest BCUT2D eigenvalue weighted by atomic mass is 32.2. The summed E-state index contributed by atoms with van der Waals surface area (Å²) in [6.45, 7) is 4.23. The van der Waals surface area contributed by atoms with Gasteiger partial charge in [-0.2, -0.15) is 0 Å². The molecule has 160 valence electrons. The summed E-state index contributed by atoms with van der Waals surface area (Å²) in [5.74, 6) is 0.229. The normalized spacial score (nSPS) is 17.1. The maximum atomic E-state index is 13.7. The number of nitrogens with zero attached hydrogens (tertiary/aromatic N) is 1. The molecule has 1 aliphatic heterocycles. The monoisotopic (exact) mass is 453 g/mol. The van der Waals surface area contributed by atoms with E-state index in [4.69, 9.17) is 4.52 Å². The van der Waals surface area contributed by atoms with Gasteiger partial charge in [0, 0.05) is 50.4 Å². The molecule has 2 atom stereocenters. The van der Waals surface area contributed by atoms with Crippen LogP contribution in [-0.2, 0) is 15.5 Å². The molecule has 2 unspecified atom stereocenters. The fourth-order valence-corrected chi connectivity index (χ4v) is 4.23. The van der Waals surface area contributed by atoms with Gasteiger partial charge in [-0.25, -0.2) is 22.0 Å². The topological polar surface area (TPSA) is 72.9 Å². The Labute approximate surface area is 179 Å². The number of halogens is 2. The standard InChI is InChI=1S/C19H24BF2N4O2PS/c1-3-29(2)28-14-24-30(27)12-10-16-7-8-17(26(16)20(21)22)13-15-6-9-19(25-15)18-5-4-11-23-18/h4-9,11,13,24H,3,10,12,14H2,1-2H3,(H,23,25)/p+1. The van der Waals surface area contributed by atoms with E-state index in [1.54, 1.807) is 18.2 Å². The molecule has 0 amide bonds. The third-order valence-corrected chi connectivity index (χ3v) is 7.10. The Morgan fingerprint density at radius 1 is 1.30 bits per heavy atom. The summed E-state index contributed by atoms with van der Waals surface area (Å²) in [6, 6.07) is 7.56. The van der Waals surface area contributed by atoms with Crippen LogP contribution in [-0.4, -0.2) is 57.1 Å². The van der Waals surface area contributed by atoms with Crippen LogP contribution in [0.3, 0.4) is 0 Å². The quantitative estimate of drug-likeness (QED) is 0.274. The van der Waals surface area contributed by atoms with E-state index in [0.29, 0.717) is 11.4 Å². The van der Waals surface area contributed by atoms with Gasteiger partial charge in [-0.1, -0.05) is 6.92 Å². The predicted octanol–water partition coefficient (Wildman–Crippen LogP) is 3.96. The van der Waals surface area contributed by atoms with Crippen LogP contribution in [0, 0.1) is 0 Å². The molecule has 0 radical (unpaired) electrons. The van der Waals surface area contributed by atoms with E-state index in [1.807, 2.05) is 44.1 Å². The number of allylic oxidation sites excluding steroid dienone is 2. The first-order chi connectivity index (χ1) is 14.5. The van der Waals surface area contributed by atoms with Crippen molar-refractivity contribution in [1.82, 2.24) is 14.7 Å². The van der Waals surface area contributed by atoms with Gasteiger partial charge in [-0.05, 0) is 37.1 Å². The zero-order valence-corrected chi connectivity index (χ0v) is 18.6. The van der Waals surface area contributed by atoms with E-state index in [0.717, 1.165) is 27.7 Å². The first-order valence-electron chi connectivity index (χ1n) is 9.59. The molecule has 0 saturated carbocycles. The van der Waals surface area contributed by atoms with Crippen molar-refractivity contribution in [3.05, 3.63) is 54.0 Å². The lowest BCUT2D eigenvalue weighted by Crippen LogP contribution is -2.27. The van der Waals surface area contributed by atoms with Gasteiger partial charge in [0.25, 0.3) is 0 Å². The summed E-state index contributed by atoms with van der Waals surface area (Å²) in [5.41, 5.74) is 3.36. The van der Waals surface area contributed by atoms with Gasteiger partial charge in [0.2, 0.25) is 0 Å². The molecule has 0 bridgehead atoms. The highest BCUT2D eigenvalue weighted by Crippen LogP contribution is 2.29. The number of hydrogen-bond donors (Lipinski definition) is 3. The number of H-pyrrole nitrogens is 2. The van der Waals surface area contributed by atoms with E-state index < -0.39 is 26.5 Å². The van der Waals surface area contributed by atoms with Crippen molar-refractivity contribution >= 4 is 38.3 Å². The zero-order chi connectivity index (χ0) is 21.5. The molecule has 11 heteroatoms. The number of aromatic amines is 2. The van der Waals surface area contributed by atoms with Crippen molar-refractivity contribution in [1.29, 1.82) is 0 Å². The average Bonchev–Trinajstić information content (AvgIpc) is 3.47. The van der Waals surface area contributed by atoms with Crippen molar-refractivity contribution in [2.24, 2.45) is 0 Å². The van der Waals surface area contributed by atoms with E-state index >= 15 is 0 Å². The predicted molar refractivity (Wildman–Crippen MR) is 121 cm³/mol. The molecule has 2 aromatic rings. The number of aromatic nitrogens is 2. The SMILES string of the molecule is CCP(C)OCNS(=O)CCC1=[N+](B(F)F)/C(=C\c2ccc(-c3ccc[nH]3)[nH]2)C=C1. The van der Waals surface area contributed by atoms with Crippen molar-refractivity contribution in [3.63, 3.8) is 0 Å². The Balaban J connectivity index is 1.64. The molecule has 30 heavy (non-hydrogen) atoms. The van der Waals surface area contributed by atoms with Crippen molar-refractivity contribution < 1.29 is 21.9 Å². The molecule has 0 saturated heterocycles. The molecule has 0 fully saturated rings. The summed E-state index contributed by atoms with van der Waals surface area (Å²) >= 11 is 0. The second kappa shape index (κ2) is 11.0. The summed E-state index contributed by atoms with van der Waals surface area (Å²) in [6.07, 6.45) is 8.01. The molecule has 1 aliphatic rings. The van der Waals surface area contributed by atoms with E-state index in [2.05, 4.69) is 14.7 Å². The van der Waals surface area contributed by atoms with E-state index in [9.17, 15) is 12.8 Å². The van der Waals surface area contributed by atoms with Gasteiger partial charge in [0.1, 0.15) is 6.73 Å². The van der Waals surface area contributed by atoms with Crippen molar-refractivity contribution in [3.8, 4) is 11.4 Å². The second-order valence-electron chi connectivity index (χ2n) is 6.61. The minimum Gasteiger partial charge on any atom is -0.360 e. The minimum atomic E-state index is -2.68. The summed E-state index contributed by atoms with van der Waals surface area (Å²) in [7, 11) is -4.55. The number of hydrogen-bond acceptors (Lipinski definition) is 2. The third-order valence-electron chi connectivity index (χ3n) is 4.62. The fourth-order valence-electron chi connectivity index (χ4n) is 2.94. The summed E-state index contributed by atoms with van der Waals surface area (Å²) in [4.78, 5) is 6.31. The molecule has 3 N–H and O–H groups in total. The molecular weight excluding hydrogens is 428 g/mol. The molecule has 0 spiro atoms. The van der Waals surface area contributed by atoms with Gasteiger partial charge in [0.15, 0.2) is 11.4 Å². The molecule has 0 aliphatic carbocycles. The maximum absolute atomic E-state index is 13.7. The van der Waals surface area contributed by atoms with Crippen LogP contribution >= 0.6 is 8.15 Å². The van der Waals surface area contributed by atoms with E-state index in [-0.39, 0.29) is 18.9 Å². The Morgan fingerprint density at radius 3 is 2.83 bits per heavy atom. The Morgan fingerprint density at radius 2 is 2.13 bits per heavy atom. The van der Waals surface area contributed by atoms with Crippen LogP contribution in [0.25, 0.3) is 17.5 Å². The van der Waals surface area contributed by atoms with Gasteiger partial charge in [0.05, 0.1) is 22.4 Å². The third kappa shape index (κ3) is 6.07. The van der Waals surface area contributed by atoms with Gasteiger partial charge in [-0.3, -0.25) is 0 Å². The lowest BCUT2D eigenvalue weighted by molar-refractivity contribution is -0.341. The Kier molecular flexibility index (Phi) is 8.33. The van der Waals surface area contributed by atoms with Gasteiger partial charge < -0.3 is 14.5 Å². The van der Waals surface area contributed by atoms with Crippen LogP contribution in [0.2, 0.25) is 0 Å². The van der Waals surface area contributed by atoms with Crippen LogP contribution in [0.15, 0.2) is 48.3 Å². The first kappa shape index (κ1) is 22.8. The molecule has 3 rings (SSSR count). The Bertz CT molecular complexity index is 960. The fraction of sp³-hybridized carbons (Fsp3) is 0.316. The number of nitrogens with one attached hydrogen (secondary N) is 3. The largest absolute Gasteiger partial charge is 0.934 e. The maximum Gasteiger partial charge on any atom is 0.934 e. The van der Waals surface area contributed by atoms with Crippen LogP contribution in [0.5, 0.6) is 0 Å². The minimum absolute atomic E-state index is 0.202. The van der Waals surface area contributed by atoms with Gasteiger partial charge in [-0.15, -0.1) is 0 Å². The highest BCUT2D eigenvalue weighted by Gasteiger charge is 2.41. The molecule has 6 nitrogen and oxygen atoms in total. The van der Waals surface area contributed by atoms with E-state index in [1.165, 1.54) is 0 Å². The molecule has 2 aromatic heterocycles.